The van der Waals surface area contributed by atoms with Gasteiger partial charge in [0.1, 0.15) is 17.4 Å². The summed E-state index contributed by atoms with van der Waals surface area (Å²) in [7, 11) is -0.957. The molecule has 7 heteroatoms. The summed E-state index contributed by atoms with van der Waals surface area (Å²) in [4.78, 5) is 0.0679. The van der Waals surface area contributed by atoms with Gasteiger partial charge in [-0.25, -0.2) is 17.2 Å². The predicted octanol–water partition coefficient (Wildman–Crippen LogP) is 2.79. The van der Waals surface area contributed by atoms with Crippen LogP contribution in [0.2, 0.25) is 0 Å². The minimum absolute atomic E-state index is 0.0679. The fraction of sp³-hybridized carbons (Fsp3) is 0.200. The summed E-state index contributed by atoms with van der Waals surface area (Å²) in [6.07, 6.45) is 0. The van der Waals surface area contributed by atoms with Crippen molar-refractivity contribution in [2.75, 3.05) is 14.2 Å². The molecule has 0 atom stereocenters. The highest BCUT2D eigenvalue weighted by molar-refractivity contribution is 7.89. The number of sulfonamides is 1. The summed E-state index contributed by atoms with van der Waals surface area (Å²) in [6, 6.07) is 8.91. The van der Waals surface area contributed by atoms with Gasteiger partial charge in [0.2, 0.25) is 10.0 Å². The van der Waals surface area contributed by atoms with Crippen molar-refractivity contribution in [2.24, 2.45) is 0 Å². The molecule has 0 aliphatic heterocycles. The summed E-state index contributed by atoms with van der Waals surface area (Å²) in [5.41, 5.74) is 0.0981. The third-order valence-electron chi connectivity index (χ3n) is 3.18. The van der Waals surface area contributed by atoms with E-state index < -0.39 is 21.7 Å². The molecule has 0 aliphatic carbocycles. The number of hydrogen-bond acceptors (Lipinski definition) is 3. The van der Waals surface area contributed by atoms with Gasteiger partial charge in [-0.05, 0) is 30.3 Å². The molecule has 0 unspecified atom stereocenters. The lowest BCUT2D eigenvalue weighted by atomic mass is 10.2. The van der Waals surface area contributed by atoms with Crippen molar-refractivity contribution < 1.29 is 21.9 Å². The van der Waals surface area contributed by atoms with Crippen LogP contribution in [0.15, 0.2) is 47.4 Å². The molecule has 0 N–H and O–H groups in total. The minimum atomic E-state index is -3.77. The van der Waals surface area contributed by atoms with E-state index >= 15 is 0 Å². The molecule has 2 rings (SSSR count). The Morgan fingerprint density at radius 2 is 1.73 bits per heavy atom. The lowest BCUT2D eigenvalue weighted by Gasteiger charge is -2.18. The molecule has 0 fully saturated rings. The smallest absolute Gasteiger partial charge is 0.243 e. The van der Waals surface area contributed by atoms with Gasteiger partial charge in [-0.1, -0.05) is 6.07 Å². The summed E-state index contributed by atoms with van der Waals surface area (Å²) in [6.45, 7) is -0.194. The van der Waals surface area contributed by atoms with Gasteiger partial charge >= 0.3 is 0 Å². The molecule has 0 saturated heterocycles. The normalized spacial score (nSPS) is 11.7. The molecule has 0 saturated carbocycles. The van der Waals surface area contributed by atoms with Gasteiger partial charge in [0, 0.05) is 25.2 Å². The van der Waals surface area contributed by atoms with Crippen molar-refractivity contribution >= 4 is 10.0 Å². The molecule has 0 aliphatic rings. The first-order valence-corrected chi connectivity index (χ1v) is 7.83. The number of halogens is 2. The number of nitrogens with zero attached hydrogens (tertiary/aromatic N) is 1. The van der Waals surface area contributed by atoms with Crippen molar-refractivity contribution in [3.05, 3.63) is 59.7 Å². The van der Waals surface area contributed by atoms with Crippen LogP contribution in [-0.4, -0.2) is 26.9 Å². The van der Waals surface area contributed by atoms with Crippen LogP contribution in [0.1, 0.15) is 5.56 Å². The van der Waals surface area contributed by atoms with E-state index in [2.05, 4.69) is 0 Å². The molecule has 0 spiro atoms. The molecule has 0 radical (unpaired) electrons. The second-order valence-corrected chi connectivity index (χ2v) is 6.72. The average Bonchev–Trinajstić information content (AvgIpc) is 2.50. The fourth-order valence-corrected chi connectivity index (χ4v) is 3.05. The maximum Gasteiger partial charge on any atom is 0.243 e. The fourth-order valence-electron chi connectivity index (χ4n) is 1.90. The van der Waals surface area contributed by atoms with Gasteiger partial charge < -0.3 is 4.74 Å². The predicted molar refractivity (Wildman–Crippen MR) is 78.0 cm³/mol. The Labute approximate surface area is 128 Å². The van der Waals surface area contributed by atoms with Gasteiger partial charge in [-0.15, -0.1) is 0 Å². The van der Waals surface area contributed by atoms with Crippen LogP contribution < -0.4 is 4.74 Å². The Morgan fingerprint density at radius 3 is 2.27 bits per heavy atom. The molecule has 118 valence electrons. The SMILES string of the molecule is COc1ccc(S(=O)(=O)N(C)Cc2ccc(F)cc2F)cc1. The average molecular weight is 327 g/mol. The monoisotopic (exact) mass is 327 g/mol. The highest BCUT2D eigenvalue weighted by Gasteiger charge is 2.22. The first-order chi connectivity index (χ1) is 10.3. The zero-order valence-electron chi connectivity index (χ0n) is 12.1. The molecular formula is C15H15F2NO3S. The highest BCUT2D eigenvalue weighted by atomic mass is 32.2. The zero-order chi connectivity index (χ0) is 16.3. The van der Waals surface area contributed by atoms with E-state index in [1.54, 1.807) is 0 Å². The largest absolute Gasteiger partial charge is 0.497 e. The van der Waals surface area contributed by atoms with Crippen LogP contribution in [0.25, 0.3) is 0 Å². The third-order valence-corrected chi connectivity index (χ3v) is 4.99. The highest BCUT2D eigenvalue weighted by Crippen LogP contribution is 2.21. The molecule has 2 aromatic carbocycles. The maximum atomic E-state index is 13.6. The molecule has 0 aromatic heterocycles. The van der Waals surface area contributed by atoms with Crippen LogP contribution in [0, 0.1) is 11.6 Å². The van der Waals surface area contributed by atoms with Crippen molar-refractivity contribution in [2.45, 2.75) is 11.4 Å². The third kappa shape index (κ3) is 3.42. The number of ether oxygens (including phenoxy) is 1. The summed E-state index contributed by atoms with van der Waals surface area (Å²) in [5.74, 6) is -0.954. The Morgan fingerprint density at radius 1 is 1.09 bits per heavy atom. The molecule has 0 amide bonds. The Hall–Kier alpha value is -1.99. The van der Waals surface area contributed by atoms with Crippen LogP contribution in [0.3, 0.4) is 0 Å². The van der Waals surface area contributed by atoms with E-state index in [1.807, 2.05) is 0 Å². The van der Waals surface area contributed by atoms with Gasteiger partial charge in [-0.2, -0.15) is 4.31 Å². The summed E-state index contributed by atoms with van der Waals surface area (Å²) in [5, 5.41) is 0. The molecule has 0 heterocycles. The van der Waals surface area contributed by atoms with E-state index in [-0.39, 0.29) is 17.0 Å². The standard InChI is InChI=1S/C15H15F2NO3S/c1-18(10-11-3-4-12(16)9-15(11)17)22(19,20)14-7-5-13(21-2)6-8-14/h3-9H,10H2,1-2H3. The van der Waals surface area contributed by atoms with Crippen molar-refractivity contribution in [1.82, 2.24) is 4.31 Å². The van der Waals surface area contributed by atoms with Crippen molar-refractivity contribution in [3.8, 4) is 5.75 Å². The van der Waals surface area contributed by atoms with E-state index in [9.17, 15) is 17.2 Å². The van der Waals surface area contributed by atoms with Gasteiger partial charge in [-0.3, -0.25) is 0 Å². The Balaban J connectivity index is 2.24. The first kappa shape index (κ1) is 16.4. The van der Waals surface area contributed by atoms with Gasteiger partial charge in [0.25, 0.3) is 0 Å². The number of methoxy groups -OCH3 is 1. The number of benzene rings is 2. The van der Waals surface area contributed by atoms with E-state index in [0.29, 0.717) is 5.75 Å². The number of hydrogen-bond donors (Lipinski definition) is 0. The van der Waals surface area contributed by atoms with Crippen LogP contribution in [-0.2, 0) is 16.6 Å². The molecule has 0 bridgehead atoms. The summed E-state index contributed by atoms with van der Waals surface area (Å²) < 4.78 is 57.3. The minimum Gasteiger partial charge on any atom is -0.497 e. The van der Waals surface area contributed by atoms with Crippen LogP contribution >= 0.6 is 0 Å². The molecule has 22 heavy (non-hydrogen) atoms. The van der Waals surface area contributed by atoms with Crippen LogP contribution in [0.4, 0.5) is 8.78 Å². The van der Waals surface area contributed by atoms with Crippen LogP contribution in [0.5, 0.6) is 5.75 Å². The molecule has 2 aromatic rings. The van der Waals surface area contributed by atoms with E-state index in [0.717, 1.165) is 16.4 Å². The summed E-state index contributed by atoms with van der Waals surface area (Å²) >= 11 is 0. The maximum absolute atomic E-state index is 13.6. The second kappa shape index (κ2) is 6.41. The Kier molecular flexibility index (Phi) is 4.77. The van der Waals surface area contributed by atoms with Gasteiger partial charge in [0.15, 0.2) is 0 Å². The van der Waals surface area contributed by atoms with Gasteiger partial charge in [0.05, 0.1) is 12.0 Å². The molecular weight excluding hydrogens is 312 g/mol. The molecule has 4 nitrogen and oxygen atoms in total. The lowest BCUT2D eigenvalue weighted by molar-refractivity contribution is 0.414. The van der Waals surface area contributed by atoms with Crippen molar-refractivity contribution in [3.63, 3.8) is 0 Å². The second-order valence-electron chi connectivity index (χ2n) is 4.67. The first-order valence-electron chi connectivity index (χ1n) is 6.39. The quantitative estimate of drug-likeness (QED) is 0.848. The van der Waals surface area contributed by atoms with E-state index in [1.165, 1.54) is 44.5 Å². The van der Waals surface area contributed by atoms with E-state index in [4.69, 9.17) is 4.74 Å². The number of rotatable bonds is 5. The zero-order valence-corrected chi connectivity index (χ0v) is 12.9. The topological polar surface area (TPSA) is 46.6 Å². The lowest BCUT2D eigenvalue weighted by Crippen LogP contribution is -2.26. The van der Waals surface area contributed by atoms with Crippen molar-refractivity contribution in [1.29, 1.82) is 0 Å². The Bertz CT molecular complexity index is 761.